The summed E-state index contributed by atoms with van der Waals surface area (Å²) < 4.78 is 40.9. The lowest BCUT2D eigenvalue weighted by Crippen LogP contribution is -2.50. The lowest BCUT2D eigenvalue weighted by atomic mass is 10.0. The first-order valence-corrected chi connectivity index (χ1v) is 15.4. The summed E-state index contributed by atoms with van der Waals surface area (Å²) >= 11 is 5.96. The van der Waals surface area contributed by atoms with Crippen LogP contribution in [0.15, 0.2) is 78.9 Å². The van der Waals surface area contributed by atoms with Crippen molar-refractivity contribution >= 4 is 39.1 Å². The van der Waals surface area contributed by atoms with Gasteiger partial charge >= 0.3 is 0 Å². The molecule has 0 heterocycles. The third kappa shape index (κ3) is 9.06. The van der Waals surface area contributed by atoms with Gasteiger partial charge in [-0.1, -0.05) is 67.1 Å². The first kappa shape index (κ1) is 31.1. The van der Waals surface area contributed by atoms with Crippen LogP contribution >= 0.6 is 11.6 Å². The third-order valence-electron chi connectivity index (χ3n) is 6.39. The fourth-order valence-electron chi connectivity index (χ4n) is 4.34. The van der Waals surface area contributed by atoms with Crippen molar-refractivity contribution in [2.45, 2.75) is 45.2 Å². The van der Waals surface area contributed by atoms with Crippen molar-refractivity contribution in [2.24, 2.45) is 0 Å². The zero-order valence-corrected chi connectivity index (χ0v) is 24.3. The lowest BCUT2D eigenvalue weighted by molar-refractivity contribution is -0.141. The Labute approximate surface area is 241 Å². The van der Waals surface area contributed by atoms with Gasteiger partial charge in [-0.3, -0.25) is 13.9 Å². The van der Waals surface area contributed by atoms with Gasteiger partial charge in [0.2, 0.25) is 21.8 Å². The van der Waals surface area contributed by atoms with E-state index in [9.17, 15) is 22.4 Å². The molecule has 0 saturated carbocycles. The summed E-state index contributed by atoms with van der Waals surface area (Å²) in [5.74, 6) is -1.17. The first-order valence-electron chi connectivity index (χ1n) is 13.2. The van der Waals surface area contributed by atoms with Crippen molar-refractivity contribution in [1.82, 2.24) is 10.2 Å². The molecule has 2 amide bonds. The normalized spacial score (nSPS) is 12.0. The molecule has 7 nitrogen and oxygen atoms in total. The van der Waals surface area contributed by atoms with Crippen LogP contribution in [0.4, 0.5) is 10.1 Å². The van der Waals surface area contributed by atoms with Gasteiger partial charge < -0.3 is 10.2 Å². The molecule has 0 aliphatic rings. The molecule has 10 heteroatoms. The number of hydrogen-bond acceptors (Lipinski definition) is 4. The number of rotatable bonds is 14. The molecule has 40 heavy (non-hydrogen) atoms. The van der Waals surface area contributed by atoms with Gasteiger partial charge in [0.15, 0.2) is 0 Å². The molecule has 3 aromatic carbocycles. The molecular weight excluding hydrogens is 553 g/mol. The fraction of sp³-hybridized carbons (Fsp3) is 0.333. The molecular formula is C30H35ClFN3O4S. The molecule has 1 atom stereocenters. The summed E-state index contributed by atoms with van der Waals surface area (Å²) in [5, 5.41) is 3.36. The van der Waals surface area contributed by atoms with Gasteiger partial charge in [-0.2, -0.15) is 0 Å². The molecule has 1 N–H and O–H groups in total. The molecule has 214 valence electrons. The zero-order chi connectivity index (χ0) is 29.1. The van der Waals surface area contributed by atoms with E-state index in [1.54, 1.807) is 42.5 Å². The molecule has 0 aliphatic heterocycles. The summed E-state index contributed by atoms with van der Waals surface area (Å²) in [6.07, 6.45) is 2.22. The van der Waals surface area contributed by atoms with Crippen molar-refractivity contribution in [3.63, 3.8) is 0 Å². The number of hydrogen-bond donors (Lipinski definition) is 1. The number of nitrogens with zero attached hydrogens (tertiary/aromatic N) is 2. The molecule has 0 radical (unpaired) electrons. The molecule has 0 aliphatic carbocycles. The second kappa shape index (κ2) is 14.8. The number of halogens is 2. The number of amides is 2. The average molecular weight is 588 g/mol. The van der Waals surface area contributed by atoms with E-state index in [4.69, 9.17) is 11.6 Å². The molecule has 0 unspecified atom stereocenters. The van der Waals surface area contributed by atoms with Crippen LogP contribution < -0.4 is 9.62 Å². The quantitative estimate of drug-likeness (QED) is 0.281. The number of carbonyl (C=O) groups excluding carboxylic acids is 2. The minimum absolute atomic E-state index is 0.0413. The van der Waals surface area contributed by atoms with Crippen LogP contribution in [0.1, 0.15) is 37.3 Å². The first-order chi connectivity index (χ1) is 19.1. The Hall–Kier alpha value is -3.43. The molecule has 0 saturated heterocycles. The van der Waals surface area contributed by atoms with Crippen molar-refractivity contribution in [2.75, 3.05) is 23.7 Å². The summed E-state index contributed by atoms with van der Waals surface area (Å²) in [5.41, 5.74) is 1.58. The predicted molar refractivity (Wildman–Crippen MR) is 157 cm³/mol. The summed E-state index contributed by atoms with van der Waals surface area (Å²) in [4.78, 5) is 28.5. The van der Waals surface area contributed by atoms with Gasteiger partial charge in [-0.25, -0.2) is 12.8 Å². The van der Waals surface area contributed by atoms with Gasteiger partial charge in [0.1, 0.15) is 11.9 Å². The molecule has 0 bridgehead atoms. The van der Waals surface area contributed by atoms with Gasteiger partial charge in [0.05, 0.1) is 11.9 Å². The summed E-state index contributed by atoms with van der Waals surface area (Å²) in [6, 6.07) is 21.0. The lowest BCUT2D eigenvalue weighted by Gasteiger charge is -2.32. The van der Waals surface area contributed by atoms with Crippen molar-refractivity contribution in [3.05, 3.63) is 101 Å². The van der Waals surface area contributed by atoms with Crippen molar-refractivity contribution < 1.29 is 22.4 Å². The number of anilines is 1. The Kier molecular flexibility index (Phi) is 11.5. The second-order valence-electron chi connectivity index (χ2n) is 9.52. The highest BCUT2D eigenvalue weighted by Gasteiger charge is 2.31. The Morgan fingerprint density at radius 2 is 1.62 bits per heavy atom. The van der Waals surface area contributed by atoms with Gasteiger partial charge in [-0.15, -0.1) is 0 Å². The monoisotopic (exact) mass is 587 g/mol. The largest absolute Gasteiger partial charge is 0.354 e. The van der Waals surface area contributed by atoms with Crippen molar-refractivity contribution in [1.29, 1.82) is 0 Å². The standard InChI is InChI=1S/C30H35ClFN3O4S/c1-3-19-33-30(37)28(21-23-10-5-4-6-11-23)34(22-24-12-7-8-13-27(24)32)29(36)14-9-20-35(40(2,38)39)26-17-15-25(31)16-18-26/h4-8,10-13,15-18,28H,3,9,14,19-22H2,1-2H3,(H,33,37)/t28-/m1/s1. The molecule has 0 aromatic heterocycles. The number of nitrogens with one attached hydrogen (secondary N) is 1. The van der Waals surface area contributed by atoms with Crippen LogP contribution in [0, 0.1) is 5.82 Å². The molecule has 0 fully saturated rings. The van der Waals surface area contributed by atoms with Gasteiger partial charge in [-0.05, 0) is 48.7 Å². The van der Waals surface area contributed by atoms with E-state index >= 15 is 0 Å². The third-order valence-corrected chi connectivity index (χ3v) is 7.83. The summed E-state index contributed by atoms with van der Waals surface area (Å²) in [7, 11) is -3.63. The number of benzene rings is 3. The maximum absolute atomic E-state index is 14.7. The van der Waals surface area contributed by atoms with Crippen LogP contribution in [-0.2, 0) is 32.6 Å². The van der Waals surface area contributed by atoms with Crippen LogP contribution in [0.25, 0.3) is 0 Å². The zero-order valence-electron chi connectivity index (χ0n) is 22.7. The highest BCUT2D eigenvalue weighted by Crippen LogP contribution is 2.22. The Balaban J connectivity index is 1.87. The maximum Gasteiger partial charge on any atom is 0.243 e. The number of carbonyl (C=O) groups is 2. The minimum Gasteiger partial charge on any atom is -0.354 e. The highest BCUT2D eigenvalue weighted by molar-refractivity contribution is 7.92. The minimum atomic E-state index is -3.63. The van der Waals surface area contributed by atoms with Crippen LogP contribution in [0.3, 0.4) is 0 Å². The Bertz CT molecular complexity index is 1370. The van der Waals surface area contributed by atoms with Crippen LogP contribution in [-0.4, -0.2) is 50.5 Å². The highest BCUT2D eigenvalue weighted by atomic mass is 35.5. The topological polar surface area (TPSA) is 86.8 Å². The SMILES string of the molecule is CCCNC(=O)[C@@H](Cc1ccccc1)N(Cc1ccccc1F)C(=O)CCCN(c1ccc(Cl)cc1)S(C)(=O)=O. The van der Waals surface area contributed by atoms with E-state index in [1.807, 2.05) is 37.3 Å². The van der Waals surface area contributed by atoms with E-state index in [0.717, 1.165) is 18.2 Å². The maximum atomic E-state index is 14.7. The van der Waals surface area contributed by atoms with E-state index in [0.29, 0.717) is 17.3 Å². The van der Waals surface area contributed by atoms with E-state index < -0.39 is 21.9 Å². The smallest absolute Gasteiger partial charge is 0.243 e. The molecule has 3 aromatic rings. The molecule has 0 spiro atoms. The van der Waals surface area contributed by atoms with Crippen LogP contribution in [0.2, 0.25) is 5.02 Å². The van der Waals surface area contributed by atoms with E-state index in [2.05, 4.69) is 5.32 Å². The van der Waals surface area contributed by atoms with Gasteiger partial charge in [0, 0.05) is 43.1 Å². The van der Waals surface area contributed by atoms with E-state index in [1.165, 1.54) is 15.3 Å². The Morgan fingerprint density at radius 3 is 2.25 bits per heavy atom. The van der Waals surface area contributed by atoms with E-state index in [-0.39, 0.29) is 49.7 Å². The second-order valence-corrected chi connectivity index (χ2v) is 11.9. The fourth-order valence-corrected chi connectivity index (χ4v) is 5.43. The number of sulfonamides is 1. The van der Waals surface area contributed by atoms with Crippen LogP contribution in [0.5, 0.6) is 0 Å². The van der Waals surface area contributed by atoms with Gasteiger partial charge in [0.25, 0.3) is 0 Å². The van der Waals surface area contributed by atoms with Crippen molar-refractivity contribution in [3.8, 4) is 0 Å². The average Bonchev–Trinajstić information content (AvgIpc) is 2.93. The Morgan fingerprint density at radius 1 is 0.975 bits per heavy atom. The summed E-state index contributed by atoms with van der Waals surface area (Å²) in [6.45, 7) is 2.32. The molecule has 3 rings (SSSR count). The predicted octanol–water partition coefficient (Wildman–Crippen LogP) is 5.19.